The molecule has 3 fully saturated rings. The van der Waals surface area contributed by atoms with E-state index in [9.17, 15) is 0 Å². The fraction of sp³-hybridized carbons (Fsp3) is 1.00. The van der Waals surface area contributed by atoms with Crippen LogP contribution in [0.5, 0.6) is 0 Å². The zero-order valence-corrected chi connectivity index (χ0v) is 7.83. The monoisotopic (exact) mass is 184 g/mol. The van der Waals surface area contributed by atoms with Crippen LogP contribution in [0.3, 0.4) is 0 Å². The van der Waals surface area contributed by atoms with E-state index in [0.29, 0.717) is 12.2 Å². The Morgan fingerprint density at radius 1 is 0.846 bits per heavy atom. The molecule has 3 rings (SSSR count). The van der Waals surface area contributed by atoms with Gasteiger partial charge in [0.25, 0.3) is 0 Å². The van der Waals surface area contributed by atoms with E-state index >= 15 is 0 Å². The van der Waals surface area contributed by atoms with E-state index in [4.69, 9.17) is 14.2 Å². The van der Waals surface area contributed by atoms with Gasteiger partial charge in [0.15, 0.2) is 0 Å². The number of epoxide rings is 1. The van der Waals surface area contributed by atoms with Crippen molar-refractivity contribution in [2.45, 2.75) is 43.5 Å². The Labute approximate surface area is 78.3 Å². The highest BCUT2D eigenvalue weighted by molar-refractivity contribution is 4.95. The minimum atomic E-state index is -0.0443. The van der Waals surface area contributed by atoms with Crippen LogP contribution in [0.25, 0.3) is 0 Å². The summed E-state index contributed by atoms with van der Waals surface area (Å²) in [4.78, 5) is 0. The van der Waals surface area contributed by atoms with E-state index in [0.717, 1.165) is 19.8 Å². The fourth-order valence-corrected chi connectivity index (χ4v) is 2.27. The number of rotatable bonds is 0. The molecule has 0 aromatic heterocycles. The Bertz CT molecular complexity index is 182. The summed E-state index contributed by atoms with van der Waals surface area (Å²) in [6.07, 6.45) is 5.60. The molecular formula is C10H16O3. The molecule has 0 radical (unpaired) electrons. The lowest BCUT2D eigenvalue weighted by Crippen LogP contribution is -2.32. The first-order valence-electron chi connectivity index (χ1n) is 5.25. The number of hydrogen-bond acceptors (Lipinski definition) is 3. The largest absolute Gasteiger partial charge is 0.372 e. The molecule has 3 nitrogen and oxygen atoms in total. The van der Waals surface area contributed by atoms with Crippen molar-refractivity contribution in [3.05, 3.63) is 0 Å². The van der Waals surface area contributed by atoms with Crippen molar-refractivity contribution in [1.82, 2.24) is 0 Å². The van der Waals surface area contributed by atoms with E-state index < -0.39 is 0 Å². The molecule has 0 amide bonds. The molecule has 3 aliphatic rings. The zero-order chi connectivity index (χ0) is 8.73. The summed E-state index contributed by atoms with van der Waals surface area (Å²) >= 11 is 0. The van der Waals surface area contributed by atoms with Crippen molar-refractivity contribution >= 4 is 0 Å². The Kier molecular flexibility index (Phi) is 1.86. The smallest absolute Gasteiger partial charge is 0.138 e. The molecule has 0 aromatic rings. The predicted molar refractivity (Wildman–Crippen MR) is 46.6 cm³/mol. The van der Waals surface area contributed by atoms with Crippen LogP contribution >= 0.6 is 0 Å². The Hall–Kier alpha value is -0.120. The van der Waals surface area contributed by atoms with Crippen molar-refractivity contribution < 1.29 is 14.2 Å². The van der Waals surface area contributed by atoms with Crippen LogP contribution in [0.2, 0.25) is 0 Å². The lowest BCUT2D eigenvalue weighted by molar-refractivity contribution is -0.0577. The van der Waals surface area contributed by atoms with Crippen LogP contribution < -0.4 is 0 Å². The van der Waals surface area contributed by atoms with Crippen molar-refractivity contribution in [2.75, 3.05) is 19.8 Å². The molecule has 1 saturated carbocycles. The van der Waals surface area contributed by atoms with E-state index in [1.54, 1.807) is 0 Å². The standard InChI is InChI=1S/C10H16O3/c1-2-4-9-8(3-1)11-5-10(6-12-9)7-13-10/h8-9H,1-7H2. The van der Waals surface area contributed by atoms with E-state index in [2.05, 4.69) is 0 Å². The molecule has 2 heterocycles. The maximum atomic E-state index is 5.83. The summed E-state index contributed by atoms with van der Waals surface area (Å²) < 4.78 is 17.0. The first-order valence-corrected chi connectivity index (χ1v) is 5.25. The second-order valence-corrected chi connectivity index (χ2v) is 4.46. The van der Waals surface area contributed by atoms with Crippen LogP contribution in [0.15, 0.2) is 0 Å². The van der Waals surface area contributed by atoms with Gasteiger partial charge in [0.05, 0.1) is 32.0 Å². The van der Waals surface area contributed by atoms with Crippen molar-refractivity contribution in [2.24, 2.45) is 0 Å². The van der Waals surface area contributed by atoms with Crippen molar-refractivity contribution in [1.29, 1.82) is 0 Å². The molecule has 1 aliphatic carbocycles. The van der Waals surface area contributed by atoms with Crippen LogP contribution in [-0.2, 0) is 14.2 Å². The minimum absolute atomic E-state index is 0.0443. The molecule has 2 saturated heterocycles. The molecule has 13 heavy (non-hydrogen) atoms. The summed E-state index contributed by atoms with van der Waals surface area (Å²) in [7, 11) is 0. The summed E-state index contributed by atoms with van der Waals surface area (Å²) in [5.41, 5.74) is -0.0443. The maximum absolute atomic E-state index is 5.83. The summed E-state index contributed by atoms with van der Waals surface area (Å²) in [5.74, 6) is 0. The molecule has 2 unspecified atom stereocenters. The Balaban J connectivity index is 1.69. The van der Waals surface area contributed by atoms with Gasteiger partial charge in [-0.1, -0.05) is 12.8 Å². The van der Waals surface area contributed by atoms with Crippen molar-refractivity contribution in [3.63, 3.8) is 0 Å². The lowest BCUT2D eigenvalue weighted by Gasteiger charge is -2.28. The number of fused-ring (bicyclic) bond motifs is 1. The predicted octanol–water partition coefficient (Wildman–Crippen LogP) is 1.11. The Morgan fingerprint density at radius 3 is 1.85 bits per heavy atom. The molecule has 1 spiro atoms. The lowest BCUT2D eigenvalue weighted by atomic mass is 9.95. The van der Waals surface area contributed by atoms with Crippen molar-refractivity contribution in [3.8, 4) is 0 Å². The van der Waals surface area contributed by atoms with Gasteiger partial charge in [-0.3, -0.25) is 0 Å². The van der Waals surface area contributed by atoms with E-state index in [1.807, 2.05) is 0 Å². The highest BCUT2D eigenvalue weighted by atomic mass is 16.7. The van der Waals surface area contributed by atoms with Gasteiger partial charge in [-0.05, 0) is 12.8 Å². The quantitative estimate of drug-likeness (QED) is 0.528. The van der Waals surface area contributed by atoms with Gasteiger partial charge in [0.1, 0.15) is 5.60 Å². The number of hydrogen-bond donors (Lipinski definition) is 0. The normalized spacial score (nSPS) is 49.8. The molecule has 0 bridgehead atoms. The van der Waals surface area contributed by atoms with Crippen LogP contribution in [0.4, 0.5) is 0 Å². The average molecular weight is 184 g/mol. The highest BCUT2D eigenvalue weighted by Crippen LogP contribution is 2.35. The molecule has 2 aliphatic heterocycles. The van der Waals surface area contributed by atoms with Gasteiger partial charge in [-0.2, -0.15) is 0 Å². The second kappa shape index (κ2) is 2.94. The van der Waals surface area contributed by atoms with Crippen LogP contribution in [0.1, 0.15) is 25.7 Å². The first kappa shape index (κ1) is 8.21. The average Bonchev–Trinajstić information content (AvgIpc) is 2.96. The summed E-state index contributed by atoms with van der Waals surface area (Å²) in [6.45, 7) is 2.31. The molecule has 3 heteroatoms. The molecular weight excluding hydrogens is 168 g/mol. The SMILES string of the molecule is C1CCC2OCC3(COC2C1)CO3. The van der Waals surface area contributed by atoms with Crippen LogP contribution in [0, 0.1) is 0 Å². The highest BCUT2D eigenvalue weighted by Gasteiger charge is 2.49. The van der Waals surface area contributed by atoms with E-state index in [1.165, 1.54) is 25.7 Å². The number of ether oxygens (including phenoxy) is 3. The Morgan fingerprint density at radius 2 is 1.38 bits per heavy atom. The van der Waals surface area contributed by atoms with Gasteiger partial charge in [0.2, 0.25) is 0 Å². The maximum Gasteiger partial charge on any atom is 0.138 e. The summed E-state index contributed by atoms with van der Waals surface area (Å²) in [5, 5.41) is 0. The van der Waals surface area contributed by atoms with Gasteiger partial charge in [0, 0.05) is 0 Å². The fourth-order valence-electron chi connectivity index (χ4n) is 2.27. The molecule has 0 N–H and O–H groups in total. The zero-order valence-electron chi connectivity index (χ0n) is 7.83. The van der Waals surface area contributed by atoms with Crippen LogP contribution in [-0.4, -0.2) is 37.6 Å². The van der Waals surface area contributed by atoms with E-state index in [-0.39, 0.29) is 5.60 Å². The van der Waals surface area contributed by atoms with Gasteiger partial charge in [-0.15, -0.1) is 0 Å². The topological polar surface area (TPSA) is 31.0 Å². The third-order valence-corrected chi connectivity index (χ3v) is 3.32. The second-order valence-electron chi connectivity index (χ2n) is 4.46. The summed E-state index contributed by atoms with van der Waals surface area (Å²) in [6, 6.07) is 0. The minimum Gasteiger partial charge on any atom is -0.372 e. The molecule has 0 aromatic carbocycles. The van der Waals surface area contributed by atoms with Gasteiger partial charge < -0.3 is 14.2 Å². The first-order chi connectivity index (χ1) is 6.38. The molecule has 2 atom stereocenters. The third-order valence-electron chi connectivity index (χ3n) is 3.32. The van der Waals surface area contributed by atoms with Gasteiger partial charge >= 0.3 is 0 Å². The molecule has 74 valence electrons. The third kappa shape index (κ3) is 1.49. The van der Waals surface area contributed by atoms with Gasteiger partial charge in [-0.25, -0.2) is 0 Å².